The second-order valence-electron chi connectivity index (χ2n) is 5.09. The smallest absolute Gasteiger partial charge is 0.380 e. The van der Waals surface area contributed by atoms with E-state index in [1.165, 1.54) is 30.3 Å². The van der Waals surface area contributed by atoms with E-state index in [1.807, 2.05) is 0 Å². The van der Waals surface area contributed by atoms with Crippen molar-refractivity contribution < 1.29 is 40.2 Å². The number of hydrogen-bond donors (Lipinski definition) is 1. The number of aliphatic hydroxyl groups is 1. The van der Waals surface area contributed by atoms with E-state index in [9.17, 15) is 40.2 Å². The highest BCUT2D eigenvalue weighted by molar-refractivity contribution is 5.86. The summed E-state index contributed by atoms with van der Waals surface area (Å²) in [5, 5.41) is 9.80. The number of rotatable bonds is 5. The summed E-state index contributed by atoms with van der Waals surface area (Å²) in [6.45, 7) is 0. The zero-order valence-corrected chi connectivity index (χ0v) is 11.7. The standard InChI is InChI=1S/C15H10F8O/c16-12(17)14(20,21)15(22,23)13(18,19)11(24)10-7-3-5-8-4-1-2-6-9(8)10/h1-7,11-12,24H. The summed E-state index contributed by atoms with van der Waals surface area (Å²) in [4.78, 5) is 0. The number of halogens is 8. The molecule has 0 saturated heterocycles. The zero-order valence-electron chi connectivity index (χ0n) is 11.7. The Morgan fingerprint density at radius 2 is 1.29 bits per heavy atom. The number of fused-ring (bicyclic) bond motifs is 1. The summed E-state index contributed by atoms with van der Waals surface area (Å²) >= 11 is 0. The van der Waals surface area contributed by atoms with Crippen LogP contribution in [0, 0.1) is 0 Å². The van der Waals surface area contributed by atoms with Crippen LogP contribution < -0.4 is 0 Å². The van der Waals surface area contributed by atoms with Crippen LogP contribution >= 0.6 is 0 Å². The van der Waals surface area contributed by atoms with Gasteiger partial charge in [-0.1, -0.05) is 42.5 Å². The monoisotopic (exact) mass is 358 g/mol. The summed E-state index contributed by atoms with van der Waals surface area (Å²) in [6.07, 6.45) is -8.44. The molecule has 1 nitrogen and oxygen atoms in total. The van der Waals surface area contributed by atoms with E-state index in [4.69, 9.17) is 0 Å². The maximum atomic E-state index is 13.9. The van der Waals surface area contributed by atoms with Gasteiger partial charge in [0.2, 0.25) is 0 Å². The maximum Gasteiger partial charge on any atom is 0.380 e. The highest BCUT2D eigenvalue weighted by atomic mass is 19.4. The summed E-state index contributed by atoms with van der Waals surface area (Å²) < 4.78 is 105. The number of benzene rings is 2. The molecule has 0 bridgehead atoms. The molecule has 0 aliphatic rings. The fourth-order valence-corrected chi connectivity index (χ4v) is 2.22. The minimum Gasteiger partial charge on any atom is -0.382 e. The van der Waals surface area contributed by atoms with Crippen molar-refractivity contribution in [1.29, 1.82) is 0 Å². The summed E-state index contributed by atoms with van der Waals surface area (Å²) in [5.41, 5.74) is -0.775. The van der Waals surface area contributed by atoms with Crippen LogP contribution in [0.2, 0.25) is 0 Å². The predicted octanol–water partition coefficient (Wildman–Crippen LogP) is 5.04. The second kappa shape index (κ2) is 5.87. The van der Waals surface area contributed by atoms with Gasteiger partial charge in [0.05, 0.1) is 0 Å². The molecular weight excluding hydrogens is 348 g/mol. The third kappa shape index (κ3) is 2.60. The van der Waals surface area contributed by atoms with Crippen molar-refractivity contribution in [2.75, 3.05) is 0 Å². The Labute approximate surface area is 130 Å². The lowest BCUT2D eigenvalue weighted by molar-refractivity contribution is -0.357. The van der Waals surface area contributed by atoms with Crippen LogP contribution in [0.15, 0.2) is 42.5 Å². The van der Waals surface area contributed by atoms with E-state index in [0.29, 0.717) is 0 Å². The molecular formula is C15H10F8O. The van der Waals surface area contributed by atoms with Gasteiger partial charge < -0.3 is 5.11 Å². The van der Waals surface area contributed by atoms with Crippen LogP contribution in [0.5, 0.6) is 0 Å². The lowest BCUT2D eigenvalue weighted by Crippen LogP contribution is -2.59. The normalized spacial score (nSPS) is 15.1. The molecule has 2 rings (SSSR count). The molecule has 0 aliphatic heterocycles. The third-order valence-corrected chi connectivity index (χ3v) is 3.57. The molecule has 0 saturated carbocycles. The van der Waals surface area contributed by atoms with Gasteiger partial charge in [0.1, 0.15) is 6.10 Å². The van der Waals surface area contributed by atoms with E-state index in [0.717, 1.165) is 12.1 Å². The van der Waals surface area contributed by atoms with Gasteiger partial charge in [-0.2, -0.15) is 26.3 Å². The van der Waals surface area contributed by atoms with E-state index < -0.39 is 35.9 Å². The fraction of sp³-hybridized carbons (Fsp3) is 0.333. The van der Waals surface area contributed by atoms with Crippen molar-refractivity contribution in [1.82, 2.24) is 0 Å². The Morgan fingerprint density at radius 1 is 0.750 bits per heavy atom. The maximum absolute atomic E-state index is 13.9. The second-order valence-corrected chi connectivity index (χ2v) is 5.09. The van der Waals surface area contributed by atoms with E-state index >= 15 is 0 Å². The lowest BCUT2D eigenvalue weighted by Gasteiger charge is -2.35. The molecule has 0 aromatic heterocycles. The Kier molecular flexibility index (Phi) is 4.51. The third-order valence-electron chi connectivity index (χ3n) is 3.57. The molecule has 1 N–H and O–H groups in total. The van der Waals surface area contributed by atoms with Crippen molar-refractivity contribution >= 4 is 10.8 Å². The lowest BCUT2D eigenvalue weighted by atomic mass is 9.91. The molecule has 0 radical (unpaired) electrons. The fourth-order valence-electron chi connectivity index (χ4n) is 2.22. The Morgan fingerprint density at radius 3 is 1.88 bits per heavy atom. The zero-order chi connectivity index (χ0) is 18.3. The predicted molar refractivity (Wildman–Crippen MR) is 69.8 cm³/mol. The van der Waals surface area contributed by atoms with Crippen molar-refractivity contribution in [2.45, 2.75) is 30.3 Å². The van der Waals surface area contributed by atoms with Crippen molar-refractivity contribution in [3.8, 4) is 0 Å². The number of hydrogen-bond acceptors (Lipinski definition) is 1. The van der Waals surface area contributed by atoms with Gasteiger partial charge in [-0.3, -0.25) is 0 Å². The van der Waals surface area contributed by atoms with Crippen molar-refractivity contribution in [3.05, 3.63) is 48.0 Å². The van der Waals surface area contributed by atoms with Crippen LogP contribution in [0.25, 0.3) is 10.8 Å². The van der Waals surface area contributed by atoms with E-state index in [1.54, 1.807) is 0 Å². The molecule has 0 aliphatic carbocycles. The van der Waals surface area contributed by atoms with Crippen molar-refractivity contribution in [2.24, 2.45) is 0 Å². The molecule has 0 spiro atoms. The molecule has 1 atom stereocenters. The minimum absolute atomic E-state index is 0.0941. The van der Waals surface area contributed by atoms with Gasteiger partial charge in [-0.25, -0.2) is 8.78 Å². The SMILES string of the molecule is OC(c1cccc2ccccc12)C(F)(F)C(F)(F)C(F)(F)C(F)F. The Bertz CT molecular complexity index is 723. The average molecular weight is 358 g/mol. The largest absolute Gasteiger partial charge is 0.382 e. The highest BCUT2D eigenvalue weighted by Gasteiger charge is 2.77. The quantitative estimate of drug-likeness (QED) is 0.742. The van der Waals surface area contributed by atoms with Gasteiger partial charge in [0.15, 0.2) is 0 Å². The van der Waals surface area contributed by atoms with Crippen LogP contribution in [0.3, 0.4) is 0 Å². The first-order valence-electron chi connectivity index (χ1n) is 6.52. The first-order valence-corrected chi connectivity index (χ1v) is 6.52. The van der Waals surface area contributed by atoms with Gasteiger partial charge in [-0.15, -0.1) is 0 Å². The summed E-state index contributed by atoms with van der Waals surface area (Å²) in [5.74, 6) is -18.6. The molecule has 0 amide bonds. The van der Waals surface area contributed by atoms with Crippen molar-refractivity contribution in [3.63, 3.8) is 0 Å². The number of alkyl halides is 8. The summed E-state index contributed by atoms with van der Waals surface area (Å²) in [7, 11) is 0. The van der Waals surface area contributed by atoms with Crippen LogP contribution in [0.4, 0.5) is 35.1 Å². The molecule has 132 valence electrons. The summed E-state index contributed by atoms with van der Waals surface area (Å²) in [6, 6.07) is 8.84. The van der Waals surface area contributed by atoms with Crippen LogP contribution in [-0.2, 0) is 0 Å². The van der Waals surface area contributed by atoms with Crippen LogP contribution in [0.1, 0.15) is 11.7 Å². The van der Waals surface area contributed by atoms with Gasteiger partial charge >= 0.3 is 24.2 Å². The molecule has 1 unspecified atom stereocenters. The molecule has 2 aromatic carbocycles. The average Bonchev–Trinajstić information content (AvgIpc) is 2.53. The topological polar surface area (TPSA) is 20.2 Å². The highest BCUT2D eigenvalue weighted by Crippen LogP contribution is 2.53. The van der Waals surface area contributed by atoms with Gasteiger partial charge in [0, 0.05) is 0 Å². The Balaban J connectivity index is 2.56. The first kappa shape index (κ1) is 18.4. The Hall–Kier alpha value is -1.90. The van der Waals surface area contributed by atoms with E-state index in [-0.39, 0.29) is 10.8 Å². The first-order chi connectivity index (χ1) is 10.9. The van der Waals surface area contributed by atoms with E-state index in [2.05, 4.69) is 0 Å². The minimum atomic E-state index is -6.47. The van der Waals surface area contributed by atoms with Crippen LogP contribution in [-0.4, -0.2) is 29.3 Å². The number of aliphatic hydroxyl groups excluding tert-OH is 1. The molecule has 24 heavy (non-hydrogen) atoms. The molecule has 0 heterocycles. The molecule has 0 fully saturated rings. The molecule has 9 heteroatoms. The molecule has 2 aromatic rings. The van der Waals surface area contributed by atoms with Gasteiger partial charge in [0.25, 0.3) is 0 Å². The van der Waals surface area contributed by atoms with Gasteiger partial charge in [-0.05, 0) is 16.3 Å².